The lowest BCUT2D eigenvalue weighted by molar-refractivity contribution is -0.138. The van der Waals surface area contributed by atoms with E-state index < -0.39 is 33.0 Å². The lowest BCUT2D eigenvalue weighted by Crippen LogP contribution is -2.35. The molecular formula is C24H22ClN3O6S. The third-order valence-corrected chi connectivity index (χ3v) is 7.50. The topological polar surface area (TPSA) is 140 Å². The Labute approximate surface area is 205 Å². The highest BCUT2D eigenvalue weighted by atomic mass is 35.5. The van der Waals surface area contributed by atoms with Gasteiger partial charge in [0.05, 0.1) is 33.9 Å². The lowest BCUT2D eigenvalue weighted by atomic mass is 9.93. The van der Waals surface area contributed by atoms with Crippen molar-refractivity contribution in [1.29, 1.82) is 0 Å². The van der Waals surface area contributed by atoms with Crippen molar-refractivity contribution in [2.45, 2.75) is 19.3 Å². The molecule has 3 N–H and O–H groups in total. The summed E-state index contributed by atoms with van der Waals surface area (Å²) in [5.74, 6) is -2.11. The van der Waals surface area contributed by atoms with Crippen LogP contribution in [0, 0.1) is 6.92 Å². The van der Waals surface area contributed by atoms with Gasteiger partial charge in [0.1, 0.15) is 0 Å². The molecule has 4 rings (SSSR count). The van der Waals surface area contributed by atoms with Crippen LogP contribution in [0.4, 0.5) is 5.69 Å². The maximum Gasteiger partial charge on any atom is 0.314 e. The zero-order valence-corrected chi connectivity index (χ0v) is 20.4. The average molecular weight is 516 g/mol. The summed E-state index contributed by atoms with van der Waals surface area (Å²) < 4.78 is 26.6. The molecule has 0 bridgehead atoms. The van der Waals surface area contributed by atoms with Crippen LogP contribution in [0.1, 0.15) is 23.5 Å². The highest BCUT2D eigenvalue weighted by Gasteiger charge is 2.28. The summed E-state index contributed by atoms with van der Waals surface area (Å²) in [7, 11) is -3.97. The second kappa shape index (κ2) is 9.20. The molecule has 0 spiro atoms. The minimum atomic E-state index is -3.97. The minimum absolute atomic E-state index is 0.0276. The normalized spacial score (nSPS) is 12.7. The van der Waals surface area contributed by atoms with E-state index in [0.29, 0.717) is 11.1 Å². The Kier molecular flexibility index (Phi) is 6.44. The van der Waals surface area contributed by atoms with Crippen LogP contribution in [0.5, 0.6) is 0 Å². The molecule has 1 heterocycles. The fourth-order valence-corrected chi connectivity index (χ4v) is 5.38. The number of carboxylic acids is 1. The summed E-state index contributed by atoms with van der Waals surface area (Å²) in [5, 5.41) is 11.8. The van der Waals surface area contributed by atoms with Crippen molar-refractivity contribution in [1.82, 2.24) is 9.97 Å². The molecule has 0 saturated carbocycles. The number of hydrogen-bond acceptors (Lipinski definition) is 5. The van der Waals surface area contributed by atoms with Gasteiger partial charge in [-0.05, 0) is 41.3 Å². The van der Waals surface area contributed by atoms with Gasteiger partial charge in [0.15, 0.2) is 0 Å². The van der Waals surface area contributed by atoms with Gasteiger partial charge < -0.3 is 15.1 Å². The molecule has 182 valence electrons. The largest absolute Gasteiger partial charge is 0.481 e. The van der Waals surface area contributed by atoms with Gasteiger partial charge in [-0.15, -0.1) is 0 Å². The van der Waals surface area contributed by atoms with Crippen molar-refractivity contribution in [3.8, 4) is 0 Å². The Morgan fingerprint density at radius 2 is 1.71 bits per heavy atom. The van der Waals surface area contributed by atoms with Crippen molar-refractivity contribution in [3.63, 3.8) is 0 Å². The number of aryl methyl sites for hydroxylation is 1. The molecule has 3 aromatic carbocycles. The fraction of sp³-hybridized carbons (Fsp3) is 0.208. The predicted molar refractivity (Wildman–Crippen MR) is 136 cm³/mol. The van der Waals surface area contributed by atoms with E-state index >= 15 is 0 Å². The zero-order valence-electron chi connectivity index (χ0n) is 18.8. The standard InChI is InChI=1S/C24H22ClN3O6S/c1-13-11-18-20(27-23(30)22(29)26-18)21(19(13)25)28(35(2,33)34)10-9-17(24(31)32)16-8-7-14-5-3-4-6-15(14)12-16/h3-8,11-12,17H,9-10H2,1-2H3,(H,26,29)(H,27,30)(H,31,32). The van der Waals surface area contributed by atoms with E-state index in [1.54, 1.807) is 19.1 Å². The quantitative estimate of drug-likeness (QED) is 0.322. The average Bonchev–Trinajstić information content (AvgIpc) is 2.79. The number of halogens is 1. The molecule has 1 unspecified atom stereocenters. The minimum Gasteiger partial charge on any atom is -0.481 e. The van der Waals surface area contributed by atoms with Crippen molar-refractivity contribution in [2.24, 2.45) is 0 Å². The smallest absolute Gasteiger partial charge is 0.314 e. The van der Waals surface area contributed by atoms with Crippen LogP contribution in [0.25, 0.3) is 21.8 Å². The molecule has 0 aliphatic carbocycles. The van der Waals surface area contributed by atoms with E-state index in [-0.39, 0.29) is 34.7 Å². The van der Waals surface area contributed by atoms with Crippen LogP contribution >= 0.6 is 11.6 Å². The number of benzene rings is 3. The van der Waals surface area contributed by atoms with E-state index in [2.05, 4.69) is 9.97 Å². The van der Waals surface area contributed by atoms with Crippen molar-refractivity contribution in [2.75, 3.05) is 17.1 Å². The molecule has 0 aliphatic heterocycles. The maximum atomic E-state index is 12.8. The van der Waals surface area contributed by atoms with Gasteiger partial charge in [-0.25, -0.2) is 8.42 Å². The van der Waals surface area contributed by atoms with Gasteiger partial charge in [0.2, 0.25) is 10.0 Å². The molecular weight excluding hydrogens is 494 g/mol. The van der Waals surface area contributed by atoms with E-state index in [0.717, 1.165) is 21.3 Å². The summed E-state index contributed by atoms with van der Waals surface area (Å²) in [6, 6.07) is 14.3. The third kappa shape index (κ3) is 4.80. The van der Waals surface area contributed by atoms with E-state index in [1.807, 2.05) is 30.3 Å². The number of sulfonamides is 1. The number of H-pyrrole nitrogens is 2. The fourth-order valence-electron chi connectivity index (χ4n) is 4.13. The van der Waals surface area contributed by atoms with E-state index in [1.165, 1.54) is 6.07 Å². The molecule has 35 heavy (non-hydrogen) atoms. The summed E-state index contributed by atoms with van der Waals surface area (Å²) in [6.07, 6.45) is 0.896. The molecule has 4 aromatic rings. The first-order valence-corrected chi connectivity index (χ1v) is 12.8. The molecule has 9 nitrogen and oxygen atoms in total. The van der Waals surface area contributed by atoms with Crippen molar-refractivity contribution >= 4 is 55.1 Å². The number of carbonyl (C=O) groups is 1. The Morgan fingerprint density at radius 3 is 2.37 bits per heavy atom. The van der Waals surface area contributed by atoms with Gasteiger partial charge in [0, 0.05) is 6.54 Å². The van der Waals surface area contributed by atoms with Crippen LogP contribution in [-0.4, -0.2) is 42.3 Å². The molecule has 11 heteroatoms. The molecule has 0 radical (unpaired) electrons. The van der Waals surface area contributed by atoms with Gasteiger partial charge >= 0.3 is 17.1 Å². The second-order valence-electron chi connectivity index (χ2n) is 8.31. The number of aliphatic carboxylic acids is 1. The predicted octanol–water partition coefficient (Wildman–Crippen LogP) is 3.36. The number of hydrogen-bond donors (Lipinski definition) is 3. The third-order valence-electron chi connectivity index (χ3n) is 5.86. The van der Waals surface area contributed by atoms with Crippen LogP contribution < -0.4 is 15.4 Å². The number of aromatic nitrogens is 2. The summed E-state index contributed by atoms with van der Waals surface area (Å²) in [6.45, 7) is 1.40. The zero-order chi connectivity index (χ0) is 25.5. The monoisotopic (exact) mass is 515 g/mol. The maximum absolute atomic E-state index is 12.8. The second-order valence-corrected chi connectivity index (χ2v) is 10.6. The first kappa shape index (κ1) is 24.5. The first-order valence-electron chi connectivity index (χ1n) is 10.6. The first-order chi connectivity index (χ1) is 16.5. The molecule has 0 saturated heterocycles. The van der Waals surface area contributed by atoms with Gasteiger partial charge in [-0.1, -0.05) is 54.1 Å². The SMILES string of the molecule is Cc1cc2[nH]c(=O)c(=O)[nH]c2c(N(CCC(C(=O)O)c2ccc3ccccc3c2)S(C)(=O)=O)c1Cl. The lowest BCUT2D eigenvalue weighted by Gasteiger charge is -2.26. The number of nitrogens with zero attached hydrogens (tertiary/aromatic N) is 1. The molecule has 0 fully saturated rings. The molecule has 0 aliphatic rings. The summed E-state index contributed by atoms with van der Waals surface area (Å²) in [4.78, 5) is 40.8. The number of rotatable bonds is 7. The number of carboxylic acid groups (broad SMARTS) is 1. The summed E-state index contributed by atoms with van der Waals surface area (Å²) in [5.41, 5.74) is -0.653. The summed E-state index contributed by atoms with van der Waals surface area (Å²) >= 11 is 6.49. The Bertz CT molecular complexity index is 1690. The Hall–Kier alpha value is -3.63. The highest BCUT2D eigenvalue weighted by Crippen LogP contribution is 2.37. The molecule has 1 aromatic heterocycles. The Morgan fingerprint density at radius 1 is 1.06 bits per heavy atom. The van der Waals surface area contributed by atoms with Gasteiger partial charge in [-0.3, -0.25) is 18.7 Å². The van der Waals surface area contributed by atoms with Crippen LogP contribution in [0.3, 0.4) is 0 Å². The number of fused-ring (bicyclic) bond motifs is 2. The number of nitrogens with one attached hydrogen (secondary N) is 2. The molecule has 0 amide bonds. The highest BCUT2D eigenvalue weighted by molar-refractivity contribution is 7.92. The van der Waals surface area contributed by atoms with Crippen LogP contribution in [-0.2, 0) is 14.8 Å². The number of anilines is 1. The van der Waals surface area contributed by atoms with Crippen LogP contribution in [0.15, 0.2) is 58.1 Å². The van der Waals surface area contributed by atoms with Crippen LogP contribution in [0.2, 0.25) is 5.02 Å². The van der Waals surface area contributed by atoms with Crippen molar-refractivity contribution in [3.05, 3.63) is 85.4 Å². The van der Waals surface area contributed by atoms with E-state index in [9.17, 15) is 27.9 Å². The van der Waals surface area contributed by atoms with Gasteiger partial charge in [0.25, 0.3) is 0 Å². The van der Waals surface area contributed by atoms with E-state index in [4.69, 9.17) is 11.6 Å². The molecule has 1 atom stereocenters. The Balaban J connectivity index is 1.80. The van der Waals surface area contributed by atoms with Gasteiger partial charge in [-0.2, -0.15) is 0 Å². The number of aromatic amines is 2. The van der Waals surface area contributed by atoms with Crippen molar-refractivity contribution < 1.29 is 18.3 Å².